The molecule has 0 saturated carbocycles. The quantitative estimate of drug-likeness (QED) is 0.882. The molecule has 0 aliphatic carbocycles. The summed E-state index contributed by atoms with van der Waals surface area (Å²) in [5.41, 5.74) is 1.09. The molecule has 2 atom stereocenters. The molecule has 5 nitrogen and oxygen atoms in total. The predicted octanol–water partition coefficient (Wildman–Crippen LogP) is 0.639. The molecule has 106 valence electrons. The minimum absolute atomic E-state index is 0.0355. The smallest absolute Gasteiger partial charge is 0.175 e. The van der Waals surface area contributed by atoms with Gasteiger partial charge in [0.05, 0.1) is 4.90 Å². The second-order valence-corrected chi connectivity index (χ2v) is 6.89. The van der Waals surface area contributed by atoms with Gasteiger partial charge in [-0.05, 0) is 24.7 Å². The molecule has 1 aromatic rings. The highest BCUT2D eigenvalue weighted by atomic mass is 32.2. The third kappa shape index (κ3) is 3.14. The van der Waals surface area contributed by atoms with E-state index in [1.807, 2.05) is 19.2 Å². The first-order valence-corrected chi connectivity index (χ1v) is 8.08. The number of nitrogens with one attached hydrogen (secondary N) is 1. The molecule has 1 aliphatic heterocycles. The van der Waals surface area contributed by atoms with Gasteiger partial charge in [0.1, 0.15) is 6.23 Å². The van der Waals surface area contributed by atoms with Crippen LogP contribution in [0.1, 0.15) is 11.6 Å². The SMILES string of the molecule is COC1CNCC(c2ccc(S(C)(=O)=O)cc2)N1C. The number of nitrogens with zero attached hydrogens (tertiary/aromatic N) is 1. The number of sulfone groups is 1. The van der Waals surface area contributed by atoms with E-state index in [9.17, 15) is 8.42 Å². The lowest BCUT2D eigenvalue weighted by Gasteiger charge is -2.39. The molecule has 0 bridgehead atoms. The van der Waals surface area contributed by atoms with Crippen LogP contribution in [0.3, 0.4) is 0 Å². The van der Waals surface area contributed by atoms with Gasteiger partial charge in [0.25, 0.3) is 0 Å². The van der Waals surface area contributed by atoms with E-state index in [0.29, 0.717) is 4.90 Å². The van der Waals surface area contributed by atoms with Gasteiger partial charge in [-0.2, -0.15) is 0 Å². The fourth-order valence-electron chi connectivity index (χ4n) is 2.37. The van der Waals surface area contributed by atoms with Crippen molar-refractivity contribution < 1.29 is 13.2 Å². The molecule has 1 aromatic carbocycles. The summed E-state index contributed by atoms with van der Waals surface area (Å²) in [7, 11) is 0.577. The largest absolute Gasteiger partial charge is 0.365 e. The van der Waals surface area contributed by atoms with Gasteiger partial charge < -0.3 is 10.1 Å². The van der Waals surface area contributed by atoms with Crippen LogP contribution in [0, 0.1) is 0 Å². The Balaban J connectivity index is 2.22. The second-order valence-electron chi connectivity index (χ2n) is 4.87. The molecule has 1 saturated heterocycles. The maximum Gasteiger partial charge on any atom is 0.175 e. The number of rotatable bonds is 3. The van der Waals surface area contributed by atoms with E-state index in [1.54, 1.807) is 19.2 Å². The molecule has 6 heteroatoms. The van der Waals surface area contributed by atoms with Gasteiger partial charge in [-0.3, -0.25) is 4.90 Å². The van der Waals surface area contributed by atoms with Gasteiger partial charge in [-0.15, -0.1) is 0 Å². The standard InChI is InChI=1S/C13H20N2O3S/c1-15-12(8-14-9-13(15)18-2)10-4-6-11(7-5-10)19(3,16)17/h4-7,12-14H,8-9H2,1-3H3. The number of piperazine rings is 1. The van der Waals surface area contributed by atoms with Crippen LogP contribution >= 0.6 is 0 Å². The summed E-state index contributed by atoms with van der Waals surface area (Å²) >= 11 is 0. The summed E-state index contributed by atoms with van der Waals surface area (Å²) in [5, 5.41) is 3.32. The number of ether oxygens (including phenoxy) is 1. The number of methoxy groups -OCH3 is 1. The molecular formula is C13H20N2O3S. The van der Waals surface area contributed by atoms with E-state index >= 15 is 0 Å². The zero-order chi connectivity index (χ0) is 14.0. The Morgan fingerprint density at radius 1 is 1.26 bits per heavy atom. The van der Waals surface area contributed by atoms with Gasteiger partial charge in [0.15, 0.2) is 9.84 Å². The minimum Gasteiger partial charge on any atom is -0.365 e. The Bertz CT molecular complexity index is 527. The Morgan fingerprint density at radius 2 is 1.89 bits per heavy atom. The maximum absolute atomic E-state index is 11.4. The van der Waals surface area contributed by atoms with Crippen LogP contribution in [0.4, 0.5) is 0 Å². The van der Waals surface area contributed by atoms with E-state index in [1.165, 1.54) is 6.26 Å². The van der Waals surface area contributed by atoms with Gasteiger partial charge >= 0.3 is 0 Å². The van der Waals surface area contributed by atoms with E-state index in [-0.39, 0.29) is 12.3 Å². The lowest BCUT2D eigenvalue weighted by Crippen LogP contribution is -2.51. The van der Waals surface area contributed by atoms with Crippen molar-refractivity contribution in [2.24, 2.45) is 0 Å². The monoisotopic (exact) mass is 284 g/mol. The van der Waals surface area contributed by atoms with Crippen molar-refractivity contribution >= 4 is 9.84 Å². The number of likely N-dealkylation sites (N-methyl/N-ethyl adjacent to an activating group) is 1. The summed E-state index contributed by atoms with van der Waals surface area (Å²) < 4.78 is 28.3. The molecule has 1 fully saturated rings. The van der Waals surface area contributed by atoms with Crippen LogP contribution < -0.4 is 5.32 Å². The first-order chi connectivity index (χ1) is 8.93. The highest BCUT2D eigenvalue weighted by Gasteiger charge is 2.28. The molecular weight excluding hydrogens is 264 g/mol. The van der Waals surface area contributed by atoms with Crippen LogP contribution in [0.5, 0.6) is 0 Å². The van der Waals surface area contributed by atoms with E-state index in [2.05, 4.69) is 10.2 Å². The van der Waals surface area contributed by atoms with Crippen molar-refractivity contribution in [1.29, 1.82) is 0 Å². The van der Waals surface area contributed by atoms with Gasteiger partial charge in [0, 0.05) is 32.5 Å². The fraction of sp³-hybridized carbons (Fsp3) is 0.538. The number of hydrogen-bond donors (Lipinski definition) is 1. The summed E-state index contributed by atoms with van der Waals surface area (Å²) in [6.45, 7) is 1.62. The van der Waals surface area contributed by atoms with E-state index in [0.717, 1.165) is 18.7 Å². The summed E-state index contributed by atoms with van der Waals surface area (Å²) in [6.07, 6.45) is 1.25. The van der Waals surface area contributed by atoms with Crippen LogP contribution in [-0.4, -0.2) is 53.0 Å². The summed E-state index contributed by atoms with van der Waals surface area (Å²) in [4.78, 5) is 2.51. The Hall–Kier alpha value is -0.950. The first-order valence-electron chi connectivity index (χ1n) is 6.19. The third-order valence-electron chi connectivity index (χ3n) is 3.57. The highest BCUT2D eigenvalue weighted by Crippen LogP contribution is 2.24. The molecule has 2 unspecified atom stereocenters. The zero-order valence-electron chi connectivity index (χ0n) is 11.5. The maximum atomic E-state index is 11.4. The number of hydrogen-bond acceptors (Lipinski definition) is 5. The van der Waals surface area contributed by atoms with Crippen molar-refractivity contribution in [3.8, 4) is 0 Å². The Morgan fingerprint density at radius 3 is 2.42 bits per heavy atom. The van der Waals surface area contributed by atoms with E-state index < -0.39 is 9.84 Å². The lowest BCUT2D eigenvalue weighted by molar-refractivity contribution is -0.0576. The predicted molar refractivity (Wildman–Crippen MR) is 73.7 cm³/mol. The fourth-order valence-corrected chi connectivity index (χ4v) is 3.00. The molecule has 0 radical (unpaired) electrons. The van der Waals surface area contributed by atoms with Crippen molar-refractivity contribution in [2.45, 2.75) is 17.2 Å². The second kappa shape index (κ2) is 5.58. The summed E-state index contributed by atoms with van der Waals surface area (Å²) in [5.74, 6) is 0. The molecule has 1 heterocycles. The van der Waals surface area contributed by atoms with Gasteiger partial charge in [-0.25, -0.2) is 8.42 Å². The van der Waals surface area contributed by atoms with Crippen molar-refractivity contribution in [2.75, 3.05) is 33.5 Å². The average molecular weight is 284 g/mol. The van der Waals surface area contributed by atoms with Gasteiger partial charge in [-0.1, -0.05) is 12.1 Å². The van der Waals surface area contributed by atoms with Crippen LogP contribution in [0.15, 0.2) is 29.2 Å². The van der Waals surface area contributed by atoms with Crippen molar-refractivity contribution in [3.63, 3.8) is 0 Å². The van der Waals surface area contributed by atoms with Crippen molar-refractivity contribution in [3.05, 3.63) is 29.8 Å². The summed E-state index contributed by atoms with van der Waals surface area (Å²) in [6, 6.07) is 7.26. The van der Waals surface area contributed by atoms with Crippen LogP contribution in [-0.2, 0) is 14.6 Å². The molecule has 19 heavy (non-hydrogen) atoms. The highest BCUT2D eigenvalue weighted by molar-refractivity contribution is 7.90. The number of benzene rings is 1. The zero-order valence-corrected chi connectivity index (χ0v) is 12.3. The Labute approximate surface area is 114 Å². The van der Waals surface area contributed by atoms with Crippen molar-refractivity contribution in [1.82, 2.24) is 10.2 Å². The van der Waals surface area contributed by atoms with Crippen LogP contribution in [0.25, 0.3) is 0 Å². The molecule has 0 spiro atoms. The average Bonchev–Trinajstić information content (AvgIpc) is 2.38. The van der Waals surface area contributed by atoms with Gasteiger partial charge in [0.2, 0.25) is 0 Å². The molecule has 1 aliphatic rings. The first kappa shape index (κ1) is 14.5. The van der Waals surface area contributed by atoms with Crippen LogP contribution in [0.2, 0.25) is 0 Å². The molecule has 1 N–H and O–H groups in total. The minimum atomic E-state index is -3.13. The topological polar surface area (TPSA) is 58.6 Å². The van der Waals surface area contributed by atoms with E-state index in [4.69, 9.17) is 4.74 Å². The Kier molecular flexibility index (Phi) is 4.25. The third-order valence-corrected chi connectivity index (χ3v) is 4.70. The molecule has 0 aromatic heterocycles. The molecule has 2 rings (SSSR count). The normalized spacial score (nSPS) is 25.4. The molecule has 0 amide bonds. The lowest BCUT2D eigenvalue weighted by atomic mass is 10.0.